The summed E-state index contributed by atoms with van der Waals surface area (Å²) in [6.07, 6.45) is 3.88. The van der Waals surface area contributed by atoms with Gasteiger partial charge in [-0.25, -0.2) is 0 Å². The Bertz CT molecular complexity index is 562. The summed E-state index contributed by atoms with van der Waals surface area (Å²) in [4.78, 5) is 2.00. The van der Waals surface area contributed by atoms with Crippen molar-refractivity contribution in [3.05, 3.63) is 41.2 Å². The fraction of sp³-hybridized carbons (Fsp3) is 0.357. The maximum absolute atomic E-state index is 6.26. The third-order valence-corrected chi connectivity index (χ3v) is 3.34. The molecule has 0 fully saturated rings. The van der Waals surface area contributed by atoms with Crippen molar-refractivity contribution >= 4 is 23.0 Å². The van der Waals surface area contributed by atoms with Crippen LogP contribution in [0.25, 0.3) is 0 Å². The first-order valence-corrected chi connectivity index (χ1v) is 6.57. The van der Waals surface area contributed by atoms with Crippen LogP contribution >= 0.6 is 11.6 Å². The molecule has 5 heteroatoms. The standard InChI is InChI=1S/C14H19ClN4/c1-10(11-8-16-19(4)9-11)17-12-5-6-14(18(2)3)13(15)7-12/h5-10,17H,1-4H3. The van der Waals surface area contributed by atoms with E-state index in [9.17, 15) is 0 Å². The first-order valence-electron chi connectivity index (χ1n) is 6.19. The molecule has 1 N–H and O–H groups in total. The van der Waals surface area contributed by atoms with Crippen LogP contribution in [0.1, 0.15) is 18.5 Å². The third kappa shape index (κ3) is 3.20. The fourth-order valence-electron chi connectivity index (χ4n) is 1.96. The van der Waals surface area contributed by atoms with Crippen LogP contribution in [0, 0.1) is 0 Å². The third-order valence-electron chi connectivity index (χ3n) is 3.04. The molecule has 1 unspecified atom stereocenters. The molecule has 2 aromatic rings. The van der Waals surface area contributed by atoms with Crippen molar-refractivity contribution in [2.45, 2.75) is 13.0 Å². The molecule has 0 saturated carbocycles. The second-order valence-electron chi connectivity index (χ2n) is 4.87. The zero-order valence-electron chi connectivity index (χ0n) is 11.7. The second kappa shape index (κ2) is 5.53. The predicted octanol–water partition coefficient (Wildman–Crippen LogP) is 3.31. The molecule has 0 aliphatic heterocycles. The van der Waals surface area contributed by atoms with Gasteiger partial charge in [0, 0.05) is 38.6 Å². The Morgan fingerprint density at radius 2 is 2.11 bits per heavy atom. The number of benzene rings is 1. The van der Waals surface area contributed by atoms with E-state index < -0.39 is 0 Å². The van der Waals surface area contributed by atoms with Gasteiger partial charge < -0.3 is 10.2 Å². The number of anilines is 2. The molecule has 0 amide bonds. The quantitative estimate of drug-likeness (QED) is 0.931. The lowest BCUT2D eigenvalue weighted by atomic mass is 10.1. The average Bonchev–Trinajstić information content (AvgIpc) is 2.75. The molecule has 1 aromatic carbocycles. The number of nitrogens with zero attached hydrogens (tertiary/aromatic N) is 3. The minimum absolute atomic E-state index is 0.190. The van der Waals surface area contributed by atoms with Crippen LogP contribution in [-0.2, 0) is 7.05 Å². The highest BCUT2D eigenvalue weighted by Crippen LogP contribution is 2.29. The first-order chi connectivity index (χ1) is 8.97. The highest BCUT2D eigenvalue weighted by molar-refractivity contribution is 6.33. The van der Waals surface area contributed by atoms with Crippen LogP contribution in [0.3, 0.4) is 0 Å². The second-order valence-corrected chi connectivity index (χ2v) is 5.28. The minimum Gasteiger partial charge on any atom is -0.378 e. The molecule has 0 spiro atoms. The van der Waals surface area contributed by atoms with Gasteiger partial charge >= 0.3 is 0 Å². The summed E-state index contributed by atoms with van der Waals surface area (Å²) >= 11 is 6.26. The van der Waals surface area contributed by atoms with Gasteiger partial charge in [0.25, 0.3) is 0 Å². The lowest BCUT2D eigenvalue weighted by Crippen LogP contribution is -2.10. The molecule has 4 nitrogen and oxygen atoms in total. The monoisotopic (exact) mass is 278 g/mol. The lowest BCUT2D eigenvalue weighted by Gasteiger charge is -2.18. The Balaban J connectivity index is 2.13. The van der Waals surface area contributed by atoms with Crippen molar-refractivity contribution in [1.29, 1.82) is 0 Å². The summed E-state index contributed by atoms with van der Waals surface area (Å²) in [6, 6.07) is 6.19. The summed E-state index contributed by atoms with van der Waals surface area (Å²) in [7, 11) is 5.87. The Labute approximate surface area is 119 Å². The van der Waals surface area contributed by atoms with Crippen LogP contribution < -0.4 is 10.2 Å². The van der Waals surface area contributed by atoms with Crippen LogP contribution in [0.5, 0.6) is 0 Å². The number of nitrogens with one attached hydrogen (secondary N) is 1. The topological polar surface area (TPSA) is 33.1 Å². The Kier molecular flexibility index (Phi) is 4.00. The van der Waals surface area contributed by atoms with Crippen molar-refractivity contribution in [3.8, 4) is 0 Å². The van der Waals surface area contributed by atoms with E-state index in [4.69, 9.17) is 11.6 Å². The molecule has 0 bridgehead atoms. The summed E-state index contributed by atoms with van der Waals surface area (Å²) in [5, 5.41) is 8.34. The van der Waals surface area contributed by atoms with Gasteiger partial charge in [-0.3, -0.25) is 4.68 Å². The van der Waals surface area contributed by atoms with E-state index >= 15 is 0 Å². The van der Waals surface area contributed by atoms with E-state index in [1.54, 1.807) is 4.68 Å². The number of aryl methyl sites for hydroxylation is 1. The molecule has 102 valence electrons. The van der Waals surface area contributed by atoms with Gasteiger partial charge in [0.05, 0.1) is 22.9 Å². The molecular formula is C14H19ClN4. The van der Waals surface area contributed by atoms with Crippen molar-refractivity contribution in [3.63, 3.8) is 0 Å². The number of rotatable bonds is 4. The molecule has 0 aliphatic rings. The molecule has 2 rings (SSSR count). The van der Waals surface area contributed by atoms with Gasteiger partial charge in [0.2, 0.25) is 0 Å². The van der Waals surface area contributed by atoms with E-state index in [1.807, 2.05) is 56.6 Å². The SMILES string of the molecule is CC(Nc1ccc(N(C)C)c(Cl)c1)c1cnn(C)c1. The summed E-state index contributed by atoms with van der Waals surface area (Å²) < 4.78 is 1.80. The van der Waals surface area contributed by atoms with Gasteiger partial charge in [-0.05, 0) is 25.1 Å². The maximum Gasteiger partial charge on any atom is 0.0659 e. The highest BCUT2D eigenvalue weighted by atomic mass is 35.5. The Hall–Kier alpha value is -1.68. The molecule has 0 aliphatic carbocycles. The largest absolute Gasteiger partial charge is 0.378 e. The summed E-state index contributed by atoms with van der Waals surface area (Å²) in [6.45, 7) is 2.10. The van der Waals surface area contributed by atoms with Crippen molar-refractivity contribution < 1.29 is 0 Å². The normalized spacial score (nSPS) is 12.3. The van der Waals surface area contributed by atoms with Crippen molar-refractivity contribution in [1.82, 2.24) is 9.78 Å². The van der Waals surface area contributed by atoms with E-state index in [0.717, 1.165) is 22.0 Å². The Morgan fingerprint density at radius 3 is 2.63 bits per heavy atom. The van der Waals surface area contributed by atoms with Gasteiger partial charge in [0.1, 0.15) is 0 Å². The van der Waals surface area contributed by atoms with Gasteiger partial charge in [-0.1, -0.05) is 11.6 Å². The number of halogens is 1. The minimum atomic E-state index is 0.190. The first kappa shape index (κ1) is 13.7. The van der Waals surface area contributed by atoms with Crippen LogP contribution in [0.15, 0.2) is 30.6 Å². The molecule has 1 heterocycles. The molecule has 1 atom stereocenters. The average molecular weight is 279 g/mol. The van der Waals surface area contributed by atoms with E-state index in [2.05, 4.69) is 17.3 Å². The van der Waals surface area contributed by atoms with Crippen LogP contribution in [-0.4, -0.2) is 23.9 Å². The zero-order valence-corrected chi connectivity index (χ0v) is 12.4. The van der Waals surface area contributed by atoms with E-state index in [0.29, 0.717) is 0 Å². The fourth-order valence-corrected chi connectivity index (χ4v) is 2.31. The molecule has 19 heavy (non-hydrogen) atoms. The van der Waals surface area contributed by atoms with Crippen molar-refractivity contribution in [2.75, 3.05) is 24.3 Å². The predicted molar refractivity (Wildman–Crippen MR) is 81.0 cm³/mol. The molecule has 1 aromatic heterocycles. The van der Waals surface area contributed by atoms with Gasteiger partial charge in [-0.2, -0.15) is 5.10 Å². The number of aromatic nitrogens is 2. The van der Waals surface area contributed by atoms with Gasteiger partial charge in [0.15, 0.2) is 0 Å². The zero-order chi connectivity index (χ0) is 14.0. The van der Waals surface area contributed by atoms with E-state index in [1.165, 1.54) is 0 Å². The number of hydrogen-bond acceptors (Lipinski definition) is 3. The smallest absolute Gasteiger partial charge is 0.0659 e. The van der Waals surface area contributed by atoms with Crippen LogP contribution in [0.2, 0.25) is 5.02 Å². The molecular weight excluding hydrogens is 260 g/mol. The Morgan fingerprint density at radius 1 is 1.37 bits per heavy atom. The number of hydrogen-bond donors (Lipinski definition) is 1. The van der Waals surface area contributed by atoms with Crippen LogP contribution in [0.4, 0.5) is 11.4 Å². The van der Waals surface area contributed by atoms with Crippen molar-refractivity contribution in [2.24, 2.45) is 7.05 Å². The van der Waals surface area contributed by atoms with Gasteiger partial charge in [-0.15, -0.1) is 0 Å². The molecule has 0 saturated heterocycles. The highest BCUT2D eigenvalue weighted by Gasteiger charge is 2.09. The maximum atomic E-state index is 6.26. The summed E-state index contributed by atoms with van der Waals surface area (Å²) in [5.74, 6) is 0. The van der Waals surface area contributed by atoms with E-state index in [-0.39, 0.29) is 6.04 Å². The summed E-state index contributed by atoms with van der Waals surface area (Å²) in [5.41, 5.74) is 3.17. The lowest BCUT2D eigenvalue weighted by molar-refractivity contribution is 0.765. The molecule has 0 radical (unpaired) electrons.